The largest absolute Gasteiger partial charge is 1.00 e. The van der Waals surface area contributed by atoms with Gasteiger partial charge in [-0.05, 0) is 24.1 Å². The summed E-state index contributed by atoms with van der Waals surface area (Å²) in [4.78, 5) is 10.5. The summed E-state index contributed by atoms with van der Waals surface area (Å²) in [5.41, 5.74) is 5.90. The summed E-state index contributed by atoms with van der Waals surface area (Å²) in [7, 11) is -4.80. The van der Waals surface area contributed by atoms with Crippen LogP contribution in [0.3, 0.4) is 0 Å². The van der Waals surface area contributed by atoms with Gasteiger partial charge in [-0.2, -0.15) is 0 Å². The van der Waals surface area contributed by atoms with Crippen LogP contribution in [0.1, 0.15) is 5.56 Å². The molecule has 0 radical (unpaired) electrons. The van der Waals surface area contributed by atoms with Crippen molar-refractivity contribution in [1.29, 1.82) is 0 Å². The molecular weight excluding hydrogens is 273 g/mol. The molecular formula is C9H10NNaO6S. The molecule has 0 heterocycles. The zero-order valence-electron chi connectivity index (χ0n) is 9.57. The van der Waals surface area contributed by atoms with Crippen molar-refractivity contribution in [3.8, 4) is 5.75 Å². The smallest absolute Gasteiger partial charge is 0.716 e. The summed E-state index contributed by atoms with van der Waals surface area (Å²) in [5, 5.41) is 8.58. The third-order valence-corrected chi connectivity index (χ3v) is 2.29. The maximum atomic E-state index is 10.5. The standard InChI is InChI=1S/C9H11NO6S.Na/c10-8(9(11)12)5-6-1-3-7(4-2-6)16-17(13,14)15;/h1-4,8H,5,10H2,(H,11,12)(H,13,14,15);/q;+1/p-1/t8-;/m1./s1. The quantitative estimate of drug-likeness (QED) is 0.325. The number of hydrogen-bond donors (Lipinski definition) is 2. The van der Waals surface area contributed by atoms with Gasteiger partial charge in [-0.25, -0.2) is 8.42 Å². The van der Waals surface area contributed by atoms with Gasteiger partial charge in [-0.15, -0.1) is 0 Å². The molecule has 1 aromatic rings. The van der Waals surface area contributed by atoms with Crippen molar-refractivity contribution in [3.05, 3.63) is 29.8 Å². The van der Waals surface area contributed by atoms with Gasteiger partial charge in [0.2, 0.25) is 0 Å². The SMILES string of the molecule is N[C@H](Cc1ccc(OS(=O)(=O)[O-])cc1)C(=O)O.[Na+]. The van der Waals surface area contributed by atoms with Gasteiger partial charge in [-0.3, -0.25) is 4.79 Å². The average Bonchev–Trinajstić information content (AvgIpc) is 2.18. The van der Waals surface area contributed by atoms with E-state index in [4.69, 9.17) is 10.8 Å². The molecule has 3 N–H and O–H groups in total. The molecule has 94 valence electrons. The summed E-state index contributed by atoms with van der Waals surface area (Å²) in [6.45, 7) is 0. The number of benzene rings is 1. The zero-order chi connectivity index (χ0) is 13.1. The van der Waals surface area contributed by atoms with Crippen molar-refractivity contribution in [1.82, 2.24) is 0 Å². The molecule has 0 unspecified atom stereocenters. The van der Waals surface area contributed by atoms with Gasteiger partial charge >= 0.3 is 35.5 Å². The summed E-state index contributed by atoms with van der Waals surface area (Å²) < 4.78 is 34.9. The fourth-order valence-electron chi connectivity index (χ4n) is 1.14. The van der Waals surface area contributed by atoms with Crippen LogP contribution in [-0.2, 0) is 21.6 Å². The van der Waals surface area contributed by atoms with Gasteiger partial charge in [0, 0.05) is 0 Å². The third-order valence-electron chi connectivity index (χ3n) is 1.89. The Labute approximate surface area is 126 Å². The molecule has 1 atom stereocenters. The minimum Gasteiger partial charge on any atom is -0.716 e. The Kier molecular flexibility index (Phi) is 6.82. The maximum absolute atomic E-state index is 10.5. The summed E-state index contributed by atoms with van der Waals surface area (Å²) in [5.74, 6) is -1.26. The van der Waals surface area contributed by atoms with Crippen molar-refractivity contribution in [3.63, 3.8) is 0 Å². The molecule has 0 fully saturated rings. The molecule has 9 heteroatoms. The predicted octanol–water partition coefficient (Wildman–Crippen LogP) is -3.52. The predicted molar refractivity (Wildman–Crippen MR) is 56.1 cm³/mol. The van der Waals surface area contributed by atoms with Gasteiger partial charge in [0.15, 0.2) is 0 Å². The summed E-state index contributed by atoms with van der Waals surface area (Å²) in [6, 6.07) is 4.33. The average molecular weight is 283 g/mol. The van der Waals surface area contributed by atoms with E-state index in [1.54, 1.807) is 0 Å². The number of rotatable bonds is 5. The monoisotopic (exact) mass is 283 g/mol. The molecule has 0 aromatic heterocycles. The van der Waals surface area contributed by atoms with Crippen LogP contribution in [0.5, 0.6) is 5.75 Å². The Morgan fingerprint density at radius 2 is 1.89 bits per heavy atom. The maximum Gasteiger partial charge on any atom is 1.00 e. The number of carboxylic acid groups (broad SMARTS) is 1. The number of carboxylic acids is 1. The van der Waals surface area contributed by atoms with Crippen molar-refractivity contribution in [2.24, 2.45) is 5.73 Å². The Morgan fingerprint density at radius 1 is 1.39 bits per heavy atom. The Bertz CT molecular complexity index is 500. The Balaban J connectivity index is 0.00000289. The van der Waals surface area contributed by atoms with Crippen LogP contribution in [0.2, 0.25) is 0 Å². The van der Waals surface area contributed by atoms with Crippen LogP contribution in [-0.4, -0.2) is 30.1 Å². The summed E-state index contributed by atoms with van der Waals surface area (Å²) >= 11 is 0. The summed E-state index contributed by atoms with van der Waals surface area (Å²) in [6.07, 6.45) is 0.0970. The second-order valence-corrected chi connectivity index (χ2v) is 4.27. The Hall–Kier alpha value is -0.640. The first kappa shape index (κ1) is 17.4. The minimum absolute atomic E-state index is 0. The molecule has 0 saturated carbocycles. The third kappa shape index (κ3) is 6.34. The molecule has 0 aliphatic rings. The van der Waals surface area contributed by atoms with E-state index >= 15 is 0 Å². The van der Waals surface area contributed by atoms with Crippen LogP contribution in [0.15, 0.2) is 24.3 Å². The number of hydrogen-bond acceptors (Lipinski definition) is 6. The van der Waals surface area contributed by atoms with Crippen LogP contribution in [0.4, 0.5) is 0 Å². The van der Waals surface area contributed by atoms with E-state index in [1.807, 2.05) is 0 Å². The van der Waals surface area contributed by atoms with Gasteiger partial charge in [0.05, 0.1) is 0 Å². The molecule has 7 nitrogen and oxygen atoms in total. The Morgan fingerprint density at radius 3 is 2.28 bits per heavy atom. The van der Waals surface area contributed by atoms with Crippen LogP contribution < -0.4 is 39.5 Å². The van der Waals surface area contributed by atoms with E-state index in [9.17, 15) is 17.8 Å². The van der Waals surface area contributed by atoms with E-state index in [0.717, 1.165) is 0 Å². The van der Waals surface area contributed by atoms with E-state index in [1.165, 1.54) is 24.3 Å². The number of nitrogens with two attached hydrogens (primary N) is 1. The molecule has 0 aliphatic carbocycles. The van der Waals surface area contributed by atoms with E-state index in [2.05, 4.69) is 4.18 Å². The normalized spacial score (nSPS) is 12.3. The van der Waals surface area contributed by atoms with Gasteiger partial charge in [-0.1, -0.05) is 12.1 Å². The second kappa shape index (κ2) is 7.07. The van der Waals surface area contributed by atoms with Crippen LogP contribution in [0.25, 0.3) is 0 Å². The zero-order valence-corrected chi connectivity index (χ0v) is 12.4. The molecule has 0 spiro atoms. The number of aliphatic carboxylic acids is 1. The first-order valence-corrected chi connectivity index (χ1v) is 5.84. The van der Waals surface area contributed by atoms with Crippen molar-refractivity contribution < 1.29 is 56.6 Å². The molecule has 0 saturated heterocycles. The fraction of sp³-hybridized carbons (Fsp3) is 0.222. The van der Waals surface area contributed by atoms with E-state index in [0.29, 0.717) is 5.56 Å². The van der Waals surface area contributed by atoms with Gasteiger partial charge < -0.3 is 19.6 Å². The second-order valence-electron chi connectivity index (χ2n) is 3.28. The topological polar surface area (TPSA) is 130 Å². The molecule has 0 bridgehead atoms. The van der Waals surface area contributed by atoms with E-state index < -0.39 is 22.4 Å². The molecule has 0 aliphatic heterocycles. The minimum atomic E-state index is -4.80. The van der Waals surface area contributed by atoms with Crippen molar-refractivity contribution >= 4 is 16.4 Å². The first-order valence-electron chi connectivity index (χ1n) is 4.50. The van der Waals surface area contributed by atoms with Gasteiger partial charge in [0.25, 0.3) is 10.4 Å². The van der Waals surface area contributed by atoms with Gasteiger partial charge in [0.1, 0.15) is 11.8 Å². The van der Waals surface area contributed by atoms with Crippen molar-refractivity contribution in [2.75, 3.05) is 0 Å². The molecule has 0 amide bonds. The fourth-order valence-corrected chi connectivity index (χ4v) is 1.49. The number of carbonyl (C=O) groups is 1. The molecule has 1 rings (SSSR count). The molecule has 1 aromatic carbocycles. The molecule has 18 heavy (non-hydrogen) atoms. The van der Waals surface area contributed by atoms with Crippen molar-refractivity contribution in [2.45, 2.75) is 12.5 Å². The van der Waals surface area contributed by atoms with E-state index in [-0.39, 0.29) is 41.7 Å². The first-order chi connectivity index (χ1) is 7.78. The van der Waals surface area contributed by atoms with Crippen LogP contribution in [0, 0.1) is 0 Å². The van der Waals surface area contributed by atoms with Crippen LogP contribution >= 0.6 is 0 Å².